The molecule has 0 amide bonds. The van der Waals surface area contributed by atoms with Crippen LogP contribution in [0.1, 0.15) is 45.4 Å². The summed E-state index contributed by atoms with van der Waals surface area (Å²) in [6, 6.07) is 0. The van der Waals surface area contributed by atoms with E-state index in [1.165, 1.54) is 25.3 Å². The van der Waals surface area contributed by atoms with Crippen LogP contribution in [0.3, 0.4) is 0 Å². The predicted molar refractivity (Wildman–Crippen MR) is 52.6 cm³/mol. The van der Waals surface area contributed by atoms with Gasteiger partial charge in [0.05, 0.1) is 0 Å². The molecule has 3 nitrogen and oxygen atoms in total. The summed E-state index contributed by atoms with van der Waals surface area (Å²) in [5.41, 5.74) is 0.534. The summed E-state index contributed by atoms with van der Waals surface area (Å²) in [5.74, 6) is -0.968. The van der Waals surface area contributed by atoms with Crippen molar-refractivity contribution < 1.29 is 14.3 Å². The summed E-state index contributed by atoms with van der Waals surface area (Å²) in [6.07, 6.45) is 7.72. The predicted octanol–water partition coefficient (Wildman–Crippen LogP) is 2.36. The van der Waals surface area contributed by atoms with Crippen LogP contribution < -0.4 is 0 Å². The van der Waals surface area contributed by atoms with Gasteiger partial charge in [-0.05, 0) is 12.8 Å². The number of cyclic esters (lactones) is 2. The highest BCUT2D eigenvalue weighted by molar-refractivity contribution is 6.08. The van der Waals surface area contributed by atoms with Crippen LogP contribution in [0.15, 0.2) is 11.6 Å². The number of unbranched alkanes of at least 4 members (excludes halogenated alkanes) is 4. The molecule has 78 valence electrons. The molecule has 1 aliphatic heterocycles. The van der Waals surface area contributed by atoms with E-state index >= 15 is 0 Å². The molecule has 0 unspecified atom stereocenters. The van der Waals surface area contributed by atoms with Crippen LogP contribution in [0.5, 0.6) is 0 Å². The zero-order valence-electron chi connectivity index (χ0n) is 8.54. The Morgan fingerprint density at radius 3 is 2.43 bits per heavy atom. The average Bonchev–Trinajstić information content (AvgIpc) is 2.45. The Balaban J connectivity index is 2.15. The summed E-state index contributed by atoms with van der Waals surface area (Å²) in [4.78, 5) is 21.7. The molecule has 1 heterocycles. The molecule has 0 fully saturated rings. The summed E-state index contributed by atoms with van der Waals surface area (Å²) in [7, 11) is 0. The van der Waals surface area contributed by atoms with E-state index in [0.29, 0.717) is 12.0 Å². The maximum atomic E-state index is 11.0. The van der Waals surface area contributed by atoms with Gasteiger partial charge in [0, 0.05) is 11.6 Å². The number of esters is 2. The van der Waals surface area contributed by atoms with Crippen molar-refractivity contribution >= 4 is 11.9 Å². The van der Waals surface area contributed by atoms with E-state index < -0.39 is 11.9 Å². The lowest BCUT2D eigenvalue weighted by molar-refractivity contribution is -0.150. The maximum Gasteiger partial charge on any atom is 0.342 e. The highest BCUT2D eigenvalue weighted by Gasteiger charge is 2.22. The van der Waals surface area contributed by atoms with E-state index in [9.17, 15) is 9.59 Å². The smallest absolute Gasteiger partial charge is 0.342 e. The Labute approximate surface area is 84.1 Å². The molecule has 0 aromatic carbocycles. The van der Waals surface area contributed by atoms with E-state index in [-0.39, 0.29) is 0 Å². The first-order valence-corrected chi connectivity index (χ1v) is 5.20. The third kappa shape index (κ3) is 3.32. The minimum absolute atomic E-state index is 0.453. The molecule has 0 spiro atoms. The number of carbonyl (C=O) groups excluding carboxylic acids is 2. The molecule has 1 aliphatic rings. The normalized spacial score (nSPS) is 15.6. The molecule has 0 aliphatic carbocycles. The van der Waals surface area contributed by atoms with Gasteiger partial charge >= 0.3 is 11.9 Å². The van der Waals surface area contributed by atoms with Crippen molar-refractivity contribution in [1.29, 1.82) is 0 Å². The van der Waals surface area contributed by atoms with E-state index in [4.69, 9.17) is 0 Å². The molecule has 0 saturated carbocycles. The first-order chi connectivity index (χ1) is 6.74. The molecule has 14 heavy (non-hydrogen) atoms. The van der Waals surface area contributed by atoms with E-state index in [1.54, 1.807) is 0 Å². The minimum Gasteiger partial charge on any atom is -0.386 e. The second kappa shape index (κ2) is 5.58. The first kappa shape index (κ1) is 11.0. The standard InChI is InChI=1S/C11H16O3/c1-2-3-4-5-6-7-9-8-10(12)14-11(9)13/h8H,2-7H2,1H3. The van der Waals surface area contributed by atoms with Crippen molar-refractivity contribution in [2.24, 2.45) is 0 Å². The molecule has 0 saturated heterocycles. The fraction of sp³-hybridized carbons (Fsp3) is 0.636. The van der Waals surface area contributed by atoms with Crippen molar-refractivity contribution in [3.8, 4) is 0 Å². The third-order valence-corrected chi connectivity index (χ3v) is 2.30. The molecular weight excluding hydrogens is 180 g/mol. The van der Waals surface area contributed by atoms with Gasteiger partial charge in [-0.15, -0.1) is 0 Å². The lowest BCUT2D eigenvalue weighted by atomic mass is 10.1. The van der Waals surface area contributed by atoms with Crippen LogP contribution in [-0.4, -0.2) is 11.9 Å². The van der Waals surface area contributed by atoms with Crippen molar-refractivity contribution in [2.45, 2.75) is 45.4 Å². The second-order valence-corrected chi connectivity index (χ2v) is 3.54. The fourth-order valence-electron chi connectivity index (χ4n) is 1.48. The molecule has 0 bridgehead atoms. The molecule has 1 rings (SSSR count). The molecule has 0 atom stereocenters. The summed E-state index contributed by atoms with van der Waals surface area (Å²) in [5, 5.41) is 0. The van der Waals surface area contributed by atoms with Crippen LogP contribution in [-0.2, 0) is 14.3 Å². The number of ether oxygens (including phenoxy) is 1. The molecule has 0 N–H and O–H groups in total. The Morgan fingerprint density at radius 2 is 1.86 bits per heavy atom. The zero-order chi connectivity index (χ0) is 10.4. The number of hydrogen-bond acceptors (Lipinski definition) is 3. The first-order valence-electron chi connectivity index (χ1n) is 5.20. The molecular formula is C11H16O3. The second-order valence-electron chi connectivity index (χ2n) is 3.54. The van der Waals surface area contributed by atoms with Crippen LogP contribution in [0, 0.1) is 0 Å². The molecule has 0 aromatic rings. The van der Waals surface area contributed by atoms with Gasteiger partial charge in [-0.1, -0.05) is 32.6 Å². The lowest BCUT2D eigenvalue weighted by Crippen LogP contribution is -2.01. The van der Waals surface area contributed by atoms with Gasteiger partial charge in [0.1, 0.15) is 0 Å². The largest absolute Gasteiger partial charge is 0.386 e. The molecule has 3 heteroatoms. The van der Waals surface area contributed by atoms with Gasteiger partial charge in [0.2, 0.25) is 0 Å². The minimum atomic E-state index is -0.515. The van der Waals surface area contributed by atoms with Crippen molar-refractivity contribution in [1.82, 2.24) is 0 Å². The van der Waals surface area contributed by atoms with Gasteiger partial charge in [0.25, 0.3) is 0 Å². The number of carbonyl (C=O) groups is 2. The Kier molecular flexibility index (Phi) is 4.36. The van der Waals surface area contributed by atoms with Crippen molar-refractivity contribution in [2.75, 3.05) is 0 Å². The Bertz CT molecular complexity index is 253. The van der Waals surface area contributed by atoms with Crippen LogP contribution in [0.2, 0.25) is 0 Å². The SMILES string of the molecule is CCCCCCCC1=CC(=O)OC1=O. The van der Waals surface area contributed by atoms with E-state index in [1.807, 2.05) is 0 Å². The van der Waals surface area contributed by atoms with Gasteiger partial charge in [-0.3, -0.25) is 0 Å². The number of hydrogen-bond donors (Lipinski definition) is 0. The van der Waals surface area contributed by atoms with Crippen LogP contribution in [0.4, 0.5) is 0 Å². The van der Waals surface area contributed by atoms with Crippen LogP contribution in [0.25, 0.3) is 0 Å². The Hall–Kier alpha value is -1.12. The van der Waals surface area contributed by atoms with Crippen molar-refractivity contribution in [3.05, 3.63) is 11.6 Å². The lowest BCUT2D eigenvalue weighted by Gasteiger charge is -1.99. The number of rotatable bonds is 6. The quantitative estimate of drug-likeness (QED) is 0.372. The van der Waals surface area contributed by atoms with E-state index in [2.05, 4.69) is 11.7 Å². The van der Waals surface area contributed by atoms with Gasteiger partial charge in [-0.2, -0.15) is 0 Å². The topological polar surface area (TPSA) is 43.4 Å². The van der Waals surface area contributed by atoms with Gasteiger partial charge in [0.15, 0.2) is 0 Å². The zero-order valence-corrected chi connectivity index (χ0v) is 8.54. The average molecular weight is 196 g/mol. The summed E-state index contributed by atoms with van der Waals surface area (Å²) >= 11 is 0. The Morgan fingerprint density at radius 1 is 1.14 bits per heavy atom. The molecule has 0 aromatic heterocycles. The monoisotopic (exact) mass is 196 g/mol. The summed E-state index contributed by atoms with van der Waals surface area (Å²) < 4.78 is 4.38. The highest BCUT2D eigenvalue weighted by Crippen LogP contribution is 2.16. The van der Waals surface area contributed by atoms with Gasteiger partial charge in [-0.25, -0.2) is 9.59 Å². The fourth-order valence-corrected chi connectivity index (χ4v) is 1.48. The highest BCUT2D eigenvalue weighted by atomic mass is 16.6. The molecule has 0 radical (unpaired) electrons. The van der Waals surface area contributed by atoms with Gasteiger partial charge < -0.3 is 4.74 Å². The summed E-state index contributed by atoms with van der Waals surface area (Å²) in [6.45, 7) is 2.16. The van der Waals surface area contributed by atoms with Crippen LogP contribution >= 0.6 is 0 Å². The van der Waals surface area contributed by atoms with Crippen molar-refractivity contribution in [3.63, 3.8) is 0 Å². The van der Waals surface area contributed by atoms with E-state index in [0.717, 1.165) is 12.8 Å². The maximum absolute atomic E-state index is 11.0. The third-order valence-electron chi connectivity index (χ3n) is 2.30.